The Bertz CT molecular complexity index is 786. The van der Waals surface area contributed by atoms with Crippen molar-refractivity contribution in [3.8, 4) is 0 Å². The van der Waals surface area contributed by atoms with Gasteiger partial charge in [0.1, 0.15) is 5.02 Å². The van der Waals surface area contributed by atoms with Crippen LogP contribution in [-0.4, -0.2) is 9.91 Å². The molecule has 88 valence electrons. The van der Waals surface area contributed by atoms with Gasteiger partial charge in [-0.25, -0.2) is 4.98 Å². The van der Waals surface area contributed by atoms with E-state index in [2.05, 4.69) is 4.98 Å². The molecule has 0 radical (unpaired) electrons. The summed E-state index contributed by atoms with van der Waals surface area (Å²) in [4.78, 5) is 14.7. The molecule has 1 heterocycles. The van der Waals surface area contributed by atoms with E-state index in [4.69, 9.17) is 11.6 Å². The highest BCUT2D eigenvalue weighted by Crippen LogP contribution is 2.32. The first-order valence-electron chi connectivity index (χ1n) is 5.29. The van der Waals surface area contributed by atoms with Crippen LogP contribution in [-0.2, 0) is 0 Å². The lowest BCUT2D eigenvalue weighted by atomic mass is 10.1. The molecule has 0 aliphatic carbocycles. The molecule has 1 aromatic heterocycles. The average Bonchev–Trinajstić information content (AvgIpc) is 2.37. The number of benzene rings is 2. The molecule has 18 heavy (non-hydrogen) atoms. The second-order valence-electron chi connectivity index (χ2n) is 3.91. The molecule has 0 saturated heterocycles. The number of rotatable bonds is 1. The number of halogens is 1. The number of aromatic nitrogens is 1. The van der Waals surface area contributed by atoms with Crippen LogP contribution in [0.25, 0.3) is 21.8 Å². The van der Waals surface area contributed by atoms with Gasteiger partial charge in [0.25, 0.3) is 5.69 Å². The van der Waals surface area contributed by atoms with Crippen LogP contribution in [0.1, 0.15) is 0 Å². The predicted molar refractivity (Wildman–Crippen MR) is 70.9 cm³/mol. The van der Waals surface area contributed by atoms with Crippen LogP contribution in [0.4, 0.5) is 5.69 Å². The van der Waals surface area contributed by atoms with Gasteiger partial charge in [0, 0.05) is 16.8 Å². The summed E-state index contributed by atoms with van der Waals surface area (Å²) in [6.45, 7) is 0. The van der Waals surface area contributed by atoms with Crippen LogP contribution in [0, 0.1) is 10.1 Å². The first kappa shape index (κ1) is 10.9. The zero-order chi connectivity index (χ0) is 12.7. The van der Waals surface area contributed by atoms with Crippen molar-refractivity contribution in [3.05, 3.63) is 57.6 Å². The number of pyridine rings is 1. The number of nitrogens with zero attached hydrogens (tertiary/aromatic N) is 2. The Morgan fingerprint density at radius 2 is 1.89 bits per heavy atom. The Labute approximate surface area is 107 Å². The third kappa shape index (κ3) is 1.58. The van der Waals surface area contributed by atoms with E-state index < -0.39 is 4.92 Å². The predicted octanol–water partition coefficient (Wildman–Crippen LogP) is 3.95. The van der Waals surface area contributed by atoms with E-state index in [1.54, 1.807) is 6.07 Å². The van der Waals surface area contributed by atoms with Gasteiger partial charge >= 0.3 is 0 Å². The fraction of sp³-hybridized carbons (Fsp3) is 0. The smallest absolute Gasteiger partial charge is 0.258 e. The van der Waals surface area contributed by atoms with Gasteiger partial charge in [-0.05, 0) is 18.2 Å². The minimum atomic E-state index is -0.501. The van der Waals surface area contributed by atoms with Crippen molar-refractivity contribution in [3.63, 3.8) is 0 Å². The van der Waals surface area contributed by atoms with E-state index in [1.165, 1.54) is 6.07 Å². The highest BCUT2D eigenvalue weighted by molar-refractivity contribution is 6.37. The zero-order valence-electron chi connectivity index (χ0n) is 9.13. The summed E-state index contributed by atoms with van der Waals surface area (Å²) in [5.41, 5.74) is 1.11. The number of hydrogen-bond acceptors (Lipinski definition) is 3. The van der Waals surface area contributed by atoms with Crippen LogP contribution in [0.2, 0.25) is 5.02 Å². The Kier molecular flexibility index (Phi) is 2.38. The van der Waals surface area contributed by atoms with Crippen LogP contribution in [0.3, 0.4) is 0 Å². The monoisotopic (exact) mass is 258 g/mol. The molecule has 4 nitrogen and oxygen atoms in total. The third-order valence-electron chi connectivity index (χ3n) is 2.80. The maximum absolute atomic E-state index is 10.8. The molecule has 0 spiro atoms. The van der Waals surface area contributed by atoms with Crippen molar-refractivity contribution >= 4 is 39.1 Å². The van der Waals surface area contributed by atoms with E-state index >= 15 is 0 Å². The van der Waals surface area contributed by atoms with Gasteiger partial charge in [-0.3, -0.25) is 10.1 Å². The molecule has 5 heteroatoms. The van der Waals surface area contributed by atoms with Gasteiger partial charge in [0.2, 0.25) is 0 Å². The summed E-state index contributed by atoms with van der Waals surface area (Å²) < 4.78 is 0. The van der Waals surface area contributed by atoms with Gasteiger partial charge in [-0.15, -0.1) is 0 Å². The van der Waals surface area contributed by atoms with Gasteiger partial charge in [0.05, 0.1) is 16.0 Å². The SMILES string of the molecule is O=[N+]([O-])c1ccc2cc3ccccc3nc2c1Cl. The molecular weight excluding hydrogens is 252 g/mol. The lowest BCUT2D eigenvalue weighted by molar-refractivity contribution is -0.384. The molecule has 0 aliphatic heterocycles. The Hall–Kier alpha value is -2.20. The first-order chi connectivity index (χ1) is 8.66. The van der Waals surface area contributed by atoms with Crippen LogP contribution in [0.5, 0.6) is 0 Å². The Morgan fingerprint density at radius 3 is 2.67 bits per heavy atom. The molecule has 3 aromatic rings. The molecule has 3 rings (SSSR count). The summed E-state index contributed by atoms with van der Waals surface area (Å²) in [7, 11) is 0. The van der Waals surface area contributed by atoms with Gasteiger partial charge < -0.3 is 0 Å². The fourth-order valence-corrected chi connectivity index (χ4v) is 2.22. The van der Waals surface area contributed by atoms with Crippen LogP contribution in [0.15, 0.2) is 42.5 Å². The molecule has 0 amide bonds. The molecule has 0 fully saturated rings. The van der Waals surface area contributed by atoms with Crippen molar-refractivity contribution in [1.29, 1.82) is 0 Å². The van der Waals surface area contributed by atoms with Crippen LogP contribution >= 0.6 is 11.6 Å². The first-order valence-corrected chi connectivity index (χ1v) is 5.67. The van der Waals surface area contributed by atoms with E-state index in [0.717, 1.165) is 16.3 Å². The zero-order valence-corrected chi connectivity index (χ0v) is 9.89. The Balaban J connectivity index is 2.44. The summed E-state index contributed by atoms with van der Waals surface area (Å²) >= 11 is 6.03. The summed E-state index contributed by atoms with van der Waals surface area (Å²) in [5, 5.41) is 12.7. The van der Waals surface area contributed by atoms with Crippen molar-refractivity contribution in [1.82, 2.24) is 4.98 Å². The highest BCUT2D eigenvalue weighted by atomic mass is 35.5. The molecule has 0 atom stereocenters. The van der Waals surface area contributed by atoms with Crippen LogP contribution < -0.4 is 0 Å². The summed E-state index contributed by atoms with van der Waals surface area (Å²) in [6, 6.07) is 12.6. The maximum atomic E-state index is 10.8. The summed E-state index contributed by atoms with van der Waals surface area (Å²) in [6.07, 6.45) is 0. The van der Waals surface area contributed by atoms with E-state index in [0.29, 0.717) is 5.52 Å². The van der Waals surface area contributed by atoms with Crippen molar-refractivity contribution in [2.45, 2.75) is 0 Å². The fourth-order valence-electron chi connectivity index (χ4n) is 1.94. The number of fused-ring (bicyclic) bond motifs is 2. The van der Waals surface area contributed by atoms with E-state index in [1.807, 2.05) is 30.3 Å². The molecule has 0 N–H and O–H groups in total. The minimum Gasteiger partial charge on any atom is -0.258 e. The second-order valence-corrected chi connectivity index (χ2v) is 4.29. The second kappa shape index (κ2) is 3.92. The normalized spacial score (nSPS) is 10.9. The average molecular weight is 259 g/mol. The van der Waals surface area contributed by atoms with Gasteiger partial charge in [0.15, 0.2) is 0 Å². The van der Waals surface area contributed by atoms with Crippen molar-refractivity contribution in [2.75, 3.05) is 0 Å². The topological polar surface area (TPSA) is 56.0 Å². The standard InChI is InChI=1S/C13H7ClN2O2/c14-12-11(16(17)18)6-5-9-7-8-3-1-2-4-10(8)15-13(9)12/h1-7H. The maximum Gasteiger partial charge on any atom is 0.290 e. The molecular formula is C13H7ClN2O2. The molecule has 0 unspecified atom stereocenters. The molecule has 0 bridgehead atoms. The third-order valence-corrected chi connectivity index (χ3v) is 3.18. The largest absolute Gasteiger partial charge is 0.290 e. The van der Waals surface area contributed by atoms with E-state index in [9.17, 15) is 10.1 Å². The van der Waals surface area contributed by atoms with Crippen molar-refractivity contribution < 1.29 is 4.92 Å². The van der Waals surface area contributed by atoms with E-state index in [-0.39, 0.29) is 10.7 Å². The van der Waals surface area contributed by atoms with Gasteiger partial charge in [-0.2, -0.15) is 0 Å². The molecule has 0 saturated carbocycles. The molecule has 2 aromatic carbocycles. The van der Waals surface area contributed by atoms with Crippen molar-refractivity contribution in [2.24, 2.45) is 0 Å². The van der Waals surface area contributed by atoms with Gasteiger partial charge in [-0.1, -0.05) is 29.8 Å². The number of nitro groups is 1. The molecule has 0 aliphatic rings. The summed E-state index contributed by atoms with van der Waals surface area (Å²) in [5.74, 6) is 0. The lowest BCUT2D eigenvalue weighted by Gasteiger charge is -2.03. The minimum absolute atomic E-state index is 0.0863. The Morgan fingerprint density at radius 1 is 1.11 bits per heavy atom. The number of nitro benzene ring substituents is 1. The lowest BCUT2D eigenvalue weighted by Crippen LogP contribution is -1.91. The number of para-hydroxylation sites is 1. The number of hydrogen-bond donors (Lipinski definition) is 0. The highest BCUT2D eigenvalue weighted by Gasteiger charge is 2.16. The quantitative estimate of drug-likeness (QED) is 0.377.